The van der Waals surface area contributed by atoms with Gasteiger partial charge in [0.05, 0.1) is 0 Å². The largest absolute Gasteiger partial charge is 0.522 e. The first-order valence-electron chi connectivity index (χ1n) is 11.4. The Morgan fingerprint density at radius 1 is 1.26 bits per heavy atom. The van der Waals surface area contributed by atoms with Gasteiger partial charge in [-0.1, -0.05) is 0 Å². The Labute approximate surface area is 197 Å². The number of halogens is 1. The summed E-state index contributed by atoms with van der Waals surface area (Å²) in [5.74, 6) is -0.421. The normalized spacial score (nSPS) is 21.7. The fraction of sp³-hybridized carbons (Fsp3) is 0.417. The molecule has 2 saturated heterocycles. The first-order valence-corrected chi connectivity index (χ1v) is 11.4. The average Bonchev–Trinajstić information content (AvgIpc) is 3.20. The number of pyridine rings is 1. The molecule has 0 radical (unpaired) electrons. The number of amides is 3. The molecule has 0 spiro atoms. The van der Waals surface area contributed by atoms with Crippen molar-refractivity contribution in [2.45, 2.75) is 38.8 Å². The van der Waals surface area contributed by atoms with Crippen molar-refractivity contribution in [3.63, 3.8) is 0 Å². The molecule has 2 aromatic rings. The zero-order valence-electron chi connectivity index (χ0n) is 19.3. The van der Waals surface area contributed by atoms with Crippen LogP contribution in [0.2, 0.25) is 0 Å². The summed E-state index contributed by atoms with van der Waals surface area (Å²) in [5, 5.41) is 2.95. The van der Waals surface area contributed by atoms with E-state index in [-0.39, 0.29) is 25.1 Å². The number of nitrogens with one attached hydrogen (secondary N) is 1. The number of piperidine rings is 1. The van der Waals surface area contributed by atoms with Crippen LogP contribution in [0.5, 0.6) is 0 Å². The predicted molar refractivity (Wildman–Crippen MR) is 125 cm³/mol. The minimum absolute atomic E-state index is 0.0207. The molecule has 2 atom stereocenters. The lowest BCUT2D eigenvalue weighted by Gasteiger charge is -2.33. The van der Waals surface area contributed by atoms with E-state index in [0.29, 0.717) is 16.8 Å². The lowest BCUT2D eigenvalue weighted by atomic mass is 10.0. The average molecular weight is 471 g/mol. The van der Waals surface area contributed by atoms with Gasteiger partial charge in [0.25, 0.3) is 5.91 Å². The summed E-state index contributed by atoms with van der Waals surface area (Å²) in [7, 11) is 0. The van der Waals surface area contributed by atoms with Gasteiger partial charge >= 0.3 is 6.09 Å². The number of carbonyl (C=O) groups excluding carboxylic acids is 3. The van der Waals surface area contributed by atoms with Crippen LogP contribution in [-0.4, -0.2) is 61.2 Å². The van der Waals surface area contributed by atoms with Crippen molar-refractivity contribution in [3.8, 4) is 11.1 Å². The van der Waals surface area contributed by atoms with Gasteiger partial charge in [0.1, 0.15) is 30.5 Å². The van der Waals surface area contributed by atoms with Gasteiger partial charge in [-0.05, 0) is 38.0 Å². The van der Waals surface area contributed by atoms with Gasteiger partial charge < -0.3 is 20.7 Å². The molecule has 2 aliphatic rings. The monoisotopic (exact) mass is 470 g/mol. The van der Waals surface area contributed by atoms with Gasteiger partial charge in [0, 0.05) is 55.5 Å². The van der Waals surface area contributed by atoms with Crippen LogP contribution in [0, 0.1) is 5.82 Å². The summed E-state index contributed by atoms with van der Waals surface area (Å²) in [6.45, 7) is 4.95. The summed E-state index contributed by atoms with van der Waals surface area (Å²) in [4.78, 5) is 42.3. The highest BCUT2D eigenvalue weighted by molar-refractivity contribution is 5.93. The minimum atomic E-state index is -0.893. The molecule has 3 heterocycles. The zero-order chi connectivity index (χ0) is 24.5. The van der Waals surface area contributed by atoms with E-state index in [1.807, 2.05) is 6.07 Å². The second-order valence-corrected chi connectivity index (χ2v) is 8.82. The third-order valence-corrected chi connectivity index (χ3v) is 6.77. The van der Waals surface area contributed by atoms with Crippen LogP contribution in [0.25, 0.3) is 11.1 Å². The third-order valence-electron chi connectivity index (χ3n) is 6.77. The first-order chi connectivity index (χ1) is 16.2. The molecule has 2 unspecified atom stereocenters. The number of rotatable bonds is 6. The molecule has 3 amide bonds. The maximum absolute atomic E-state index is 15.2. The maximum atomic E-state index is 15.2. The molecule has 3 N–H and O–H groups in total. The molecule has 0 aliphatic carbocycles. The molecule has 10 heteroatoms. The highest BCUT2D eigenvalue weighted by atomic mass is 19.1. The Hall–Kier alpha value is -3.53. The SMILES string of the molecule is CC(=O)NC1CCN(c2ccc(-c3ccc([N+]4(C(C)C(N)=O)CCOC4=O)cc3F)cn2)CC1. The van der Waals surface area contributed by atoms with Gasteiger partial charge in [0.15, 0.2) is 6.04 Å². The highest BCUT2D eigenvalue weighted by Crippen LogP contribution is 2.35. The summed E-state index contributed by atoms with van der Waals surface area (Å²) in [5.41, 5.74) is 6.73. The Balaban J connectivity index is 1.53. The Morgan fingerprint density at radius 2 is 2.00 bits per heavy atom. The van der Waals surface area contributed by atoms with E-state index in [9.17, 15) is 14.4 Å². The smallest absolute Gasteiger partial charge is 0.414 e. The molecule has 34 heavy (non-hydrogen) atoms. The molecular formula is C24H29FN5O4+. The zero-order valence-corrected chi connectivity index (χ0v) is 19.3. The third kappa shape index (κ3) is 4.33. The van der Waals surface area contributed by atoms with Crippen molar-refractivity contribution < 1.29 is 23.5 Å². The Kier molecular flexibility index (Phi) is 6.52. The molecule has 0 saturated carbocycles. The van der Waals surface area contributed by atoms with Gasteiger partial charge in [-0.25, -0.2) is 9.37 Å². The predicted octanol–water partition coefficient (Wildman–Crippen LogP) is 2.32. The minimum Gasteiger partial charge on any atom is -0.414 e. The number of cyclic esters (lactones) is 1. The van der Waals surface area contributed by atoms with Crippen LogP contribution in [0.15, 0.2) is 36.5 Å². The number of aromatic nitrogens is 1. The van der Waals surface area contributed by atoms with E-state index >= 15 is 4.39 Å². The Bertz CT molecular complexity index is 1100. The maximum Gasteiger partial charge on any atom is 0.522 e. The molecule has 0 bridgehead atoms. The van der Waals surface area contributed by atoms with Crippen molar-refractivity contribution >= 4 is 29.4 Å². The quantitative estimate of drug-likeness (QED) is 0.627. The number of hydrogen-bond acceptors (Lipinski definition) is 6. The highest BCUT2D eigenvalue weighted by Gasteiger charge is 2.53. The second kappa shape index (κ2) is 9.38. The number of quaternary nitrogens is 1. The number of benzene rings is 1. The standard InChI is InChI=1S/C24H28FN5O4/c1-15(23(26)32)30(11-12-34-24(30)33)19-4-5-20(21(25)13-19)17-3-6-22(27-14-17)29-9-7-18(8-10-29)28-16(2)31/h3-6,13-15,18H,7-12H2,1-2H3,(H2-,26,28,31,32)/p+1. The van der Waals surface area contributed by atoms with Gasteiger partial charge in [0.2, 0.25) is 5.91 Å². The number of ether oxygens (including phenoxy) is 1. The molecule has 1 aromatic carbocycles. The number of anilines is 1. The van der Waals surface area contributed by atoms with Gasteiger partial charge in [-0.3, -0.25) is 9.59 Å². The summed E-state index contributed by atoms with van der Waals surface area (Å²) in [6, 6.07) is 7.42. The van der Waals surface area contributed by atoms with Crippen molar-refractivity contribution in [1.29, 1.82) is 0 Å². The van der Waals surface area contributed by atoms with Crippen LogP contribution in [-0.2, 0) is 14.3 Å². The molecule has 2 aliphatic heterocycles. The fourth-order valence-electron chi connectivity index (χ4n) is 4.77. The number of nitrogens with zero attached hydrogens (tertiary/aromatic N) is 3. The number of hydrogen-bond donors (Lipinski definition) is 2. The van der Waals surface area contributed by atoms with Crippen LogP contribution in [0.3, 0.4) is 0 Å². The lowest BCUT2D eigenvalue weighted by molar-refractivity contribution is -0.121. The molecule has 1 aromatic heterocycles. The first kappa shape index (κ1) is 23.6. The van der Waals surface area contributed by atoms with Crippen LogP contribution >= 0.6 is 0 Å². The molecular weight excluding hydrogens is 441 g/mol. The van der Waals surface area contributed by atoms with E-state index in [1.54, 1.807) is 31.3 Å². The summed E-state index contributed by atoms with van der Waals surface area (Å²) < 4.78 is 19.9. The van der Waals surface area contributed by atoms with E-state index in [4.69, 9.17) is 10.5 Å². The van der Waals surface area contributed by atoms with E-state index in [0.717, 1.165) is 31.7 Å². The summed E-state index contributed by atoms with van der Waals surface area (Å²) >= 11 is 0. The molecule has 9 nitrogen and oxygen atoms in total. The molecule has 4 rings (SSSR count). The molecule has 2 fully saturated rings. The number of carbonyl (C=O) groups is 3. The number of primary amides is 1. The number of nitrogens with two attached hydrogens (primary N) is 1. The van der Waals surface area contributed by atoms with Gasteiger partial charge in [-0.15, -0.1) is 0 Å². The summed E-state index contributed by atoms with van der Waals surface area (Å²) in [6.07, 6.45) is 2.68. The van der Waals surface area contributed by atoms with E-state index < -0.39 is 28.3 Å². The van der Waals surface area contributed by atoms with Crippen molar-refractivity contribution in [2.24, 2.45) is 5.73 Å². The van der Waals surface area contributed by atoms with Crippen LogP contribution in [0.1, 0.15) is 26.7 Å². The van der Waals surface area contributed by atoms with Gasteiger partial charge in [-0.2, -0.15) is 9.28 Å². The van der Waals surface area contributed by atoms with Crippen molar-refractivity contribution in [3.05, 3.63) is 42.3 Å². The van der Waals surface area contributed by atoms with Crippen molar-refractivity contribution in [1.82, 2.24) is 14.8 Å². The second-order valence-electron chi connectivity index (χ2n) is 8.82. The topological polar surface area (TPSA) is 115 Å². The van der Waals surface area contributed by atoms with Crippen molar-refractivity contribution in [2.75, 3.05) is 31.1 Å². The lowest BCUT2D eigenvalue weighted by Crippen LogP contribution is -2.61. The fourth-order valence-corrected chi connectivity index (χ4v) is 4.77. The van der Waals surface area contributed by atoms with E-state index in [1.165, 1.54) is 13.0 Å². The van der Waals surface area contributed by atoms with Crippen LogP contribution < -0.4 is 20.4 Å². The Morgan fingerprint density at radius 3 is 2.53 bits per heavy atom. The van der Waals surface area contributed by atoms with Crippen LogP contribution in [0.4, 0.5) is 20.7 Å². The van der Waals surface area contributed by atoms with E-state index in [2.05, 4.69) is 15.2 Å². The molecule has 180 valence electrons.